The highest BCUT2D eigenvalue weighted by atomic mass is 35.5. The fraction of sp³-hybridized carbons (Fsp3) is 0.769. The van der Waals surface area contributed by atoms with E-state index in [0.717, 1.165) is 31.6 Å². The molecule has 1 aliphatic rings. The van der Waals surface area contributed by atoms with Crippen molar-refractivity contribution in [2.24, 2.45) is 5.73 Å². The van der Waals surface area contributed by atoms with E-state index in [-0.39, 0.29) is 30.4 Å². The minimum Gasteiger partial charge on any atom is -0.353 e. The lowest BCUT2D eigenvalue weighted by Crippen LogP contribution is -2.39. The summed E-state index contributed by atoms with van der Waals surface area (Å²) in [4.78, 5) is 15.9. The van der Waals surface area contributed by atoms with Gasteiger partial charge in [-0.15, -0.1) is 12.4 Å². The van der Waals surface area contributed by atoms with Gasteiger partial charge in [0.15, 0.2) is 5.82 Å². The lowest BCUT2D eigenvalue weighted by Gasteiger charge is -2.27. The van der Waals surface area contributed by atoms with Gasteiger partial charge >= 0.3 is 0 Å². The average Bonchev–Trinajstić information content (AvgIpc) is 2.75. The van der Waals surface area contributed by atoms with Gasteiger partial charge in [-0.1, -0.05) is 5.16 Å². The summed E-state index contributed by atoms with van der Waals surface area (Å²) in [6, 6.07) is 0.171. The first-order chi connectivity index (χ1) is 9.04. The number of carbonyl (C=O) groups is 1. The van der Waals surface area contributed by atoms with Crippen molar-refractivity contribution in [2.45, 2.75) is 64.0 Å². The van der Waals surface area contributed by atoms with Crippen molar-refractivity contribution in [3.05, 3.63) is 11.7 Å². The number of nitrogens with two attached hydrogens (primary N) is 1. The van der Waals surface area contributed by atoms with Crippen LogP contribution in [0.2, 0.25) is 0 Å². The SMILES string of the molecule is Cc1noc(C2CCC(NC(=O)CC(C)N)CC2)n1.Cl. The molecule has 1 atom stereocenters. The summed E-state index contributed by atoms with van der Waals surface area (Å²) in [5, 5.41) is 6.86. The minimum absolute atomic E-state index is 0. The molecule has 7 heteroatoms. The van der Waals surface area contributed by atoms with Crippen LogP contribution in [0.4, 0.5) is 0 Å². The first-order valence-electron chi connectivity index (χ1n) is 6.89. The molecule has 3 N–H and O–H groups in total. The molecule has 1 aliphatic carbocycles. The van der Waals surface area contributed by atoms with E-state index in [2.05, 4.69) is 15.5 Å². The molecule has 1 aromatic heterocycles. The third-order valence-corrected chi connectivity index (χ3v) is 3.49. The quantitative estimate of drug-likeness (QED) is 0.882. The highest BCUT2D eigenvalue weighted by Gasteiger charge is 2.26. The largest absolute Gasteiger partial charge is 0.353 e. The lowest BCUT2D eigenvalue weighted by molar-refractivity contribution is -0.122. The zero-order valence-corrected chi connectivity index (χ0v) is 12.8. The summed E-state index contributed by atoms with van der Waals surface area (Å²) in [7, 11) is 0. The van der Waals surface area contributed by atoms with Crippen LogP contribution in [-0.4, -0.2) is 28.1 Å². The minimum atomic E-state index is -0.0855. The van der Waals surface area contributed by atoms with Gasteiger partial charge in [0.25, 0.3) is 0 Å². The number of carbonyl (C=O) groups excluding carboxylic acids is 1. The molecule has 0 spiro atoms. The Morgan fingerprint density at radius 1 is 1.45 bits per heavy atom. The van der Waals surface area contributed by atoms with Crippen LogP contribution in [-0.2, 0) is 4.79 Å². The van der Waals surface area contributed by atoms with E-state index in [4.69, 9.17) is 10.3 Å². The Morgan fingerprint density at radius 3 is 2.60 bits per heavy atom. The van der Waals surface area contributed by atoms with Crippen molar-refractivity contribution in [2.75, 3.05) is 0 Å². The molecule has 1 amide bonds. The van der Waals surface area contributed by atoms with Gasteiger partial charge in [0.2, 0.25) is 11.8 Å². The summed E-state index contributed by atoms with van der Waals surface area (Å²) in [5.74, 6) is 1.80. The van der Waals surface area contributed by atoms with Gasteiger partial charge in [-0.25, -0.2) is 0 Å². The Hall–Kier alpha value is -1.14. The number of hydrogen-bond donors (Lipinski definition) is 2. The zero-order valence-electron chi connectivity index (χ0n) is 12.0. The smallest absolute Gasteiger partial charge is 0.229 e. The molecule has 20 heavy (non-hydrogen) atoms. The van der Waals surface area contributed by atoms with Gasteiger partial charge in [0.1, 0.15) is 0 Å². The summed E-state index contributed by atoms with van der Waals surface area (Å²) >= 11 is 0. The Kier molecular flexibility index (Phi) is 6.42. The van der Waals surface area contributed by atoms with Gasteiger partial charge in [0, 0.05) is 24.4 Å². The van der Waals surface area contributed by atoms with E-state index in [1.165, 1.54) is 0 Å². The van der Waals surface area contributed by atoms with Crippen LogP contribution < -0.4 is 11.1 Å². The Labute approximate surface area is 125 Å². The second-order valence-electron chi connectivity index (χ2n) is 5.48. The van der Waals surface area contributed by atoms with Crippen molar-refractivity contribution >= 4 is 18.3 Å². The number of nitrogens with zero attached hydrogens (tertiary/aromatic N) is 2. The molecule has 2 rings (SSSR count). The maximum absolute atomic E-state index is 11.6. The molecule has 1 aromatic rings. The number of nitrogens with one attached hydrogen (secondary N) is 1. The fourth-order valence-corrected chi connectivity index (χ4v) is 2.54. The van der Waals surface area contributed by atoms with E-state index in [9.17, 15) is 4.79 Å². The molecule has 0 aliphatic heterocycles. The summed E-state index contributed by atoms with van der Waals surface area (Å²) < 4.78 is 5.21. The molecule has 0 bridgehead atoms. The van der Waals surface area contributed by atoms with Crippen molar-refractivity contribution < 1.29 is 9.32 Å². The molecule has 6 nitrogen and oxygen atoms in total. The predicted octanol–water partition coefficient (Wildman–Crippen LogP) is 1.68. The number of aromatic nitrogens is 2. The second-order valence-corrected chi connectivity index (χ2v) is 5.48. The monoisotopic (exact) mass is 302 g/mol. The molecule has 0 aromatic carbocycles. The van der Waals surface area contributed by atoms with E-state index in [1.54, 1.807) is 0 Å². The predicted molar refractivity (Wildman–Crippen MR) is 77.7 cm³/mol. The van der Waals surface area contributed by atoms with Gasteiger partial charge in [-0.3, -0.25) is 4.79 Å². The summed E-state index contributed by atoms with van der Waals surface area (Å²) in [6.07, 6.45) is 4.26. The third kappa shape index (κ3) is 4.76. The Balaban J connectivity index is 0.00000200. The van der Waals surface area contributed by atoms with Crippen LogP contribution >= 0.6 is 12.4 Å². The maximum Gasteiger partial charge on any atom is 0.229 e. The number of hydrogen-bond acceptors (Lipinski definition) is 5. The highest BCUT2D eigenvalue weighted by molar-refractivity contribution is 5.85. The molecule has 0 saturated heterocycles. The van der Waals surface area contributed by atoms with Gasteiger partial charge in [-0.2, -0.15) is 4.98 Å². The van der Waals surface area contributed by atoms with Gasteiger partial charge < -0.3 is 15.6 Å². The van der Waals surface area contributed by atoms with Crippen molar-refractivity contribution in [1.82, 2.24) is 15.5 Å². The van der Waals surface area contributed by atoms with Crippen molar-refractivity contribution in [3.63, 3.8) is 0 Å². The van der Waals surface area contributed by atoms with Crippen LogP contribution in [0.1, 0.15) is 56.7 Å². The third-order valence-electron chi connectivity index (χ3n) is 3.49. The normalized spacial score (nSPS) is 23.8. The van der Waals surface area contributed by atoms with Crippen LogP contribution in [0.25, 0.3) is 0 Å². The van der Waals surface area contributed by atoms with E-state index in [1.807, 2.05) is 13.8 Å². The van der Waals surface area contributed by atoms with Gasteiger partial charge in [0.05, 0.1) is 0 Å². The van der Waals surface area contributed by atoms with Crippen LogP contribution in [0, 0.1) is 6.92 Å². The van der Waals surface area contributed by atoms with Crippen molar-refractivity contribution in [1.29, 1.82) is 0 Å². The molecular weight excluding hydrogens is 280 g/mol. The van der Waals surface area contributed by atoms with E-state index < -0.39 is 0 Å². The lowest BCUT2D eigenvalue weighted by atomic mass is 9.86. The van der Waals surface area contributed by atoms with Crippen LogP contribution in [0.5, 0.6) is 0 Å². The molecule has 1 saturated carbocycles. The summed E-state index contributed by atoms with van der Waals surface area (Å²) in [6.45, 7) is 3.67. The number of amides is 1. The van der Waals surface area contributed by atoms with E-state index >= 15 is 0 Å². The average molecular weight is 303 g/mol. The molecular formula is C13H23ClN4O2. The first kappa shape index (κ1) is 16.9. The molecule has 1 fully saturated rings. The zero-order chi connectivity index (χ0) is 13.8. The molecule has 114 valence electrons. The van der Waals surface area contributed by atoms with Gasteiger partial charge in [-0.05, 0) is 39.5 Å². The summed E-state index contributed by atoms with van der Waals surface area (Å²) in [5.41, 5.74) is 5.61. The number of halogens is 1. The van der Waals surface area contributed by atoms with Crippen LogP contribution in [0.3, 0.4) is 0 Å². The number of aryl methyl sites for hydroxylation is 1. The van der Waals surface area contributed by atoms with Crippen molar-refractivity contribution in [3.8, 4) is 0 Å². The standard InChI is InChI=1S/C13H22N4O2.ClH/c1-8(14)7-12(18)16-11-5-3-10(4-6-11)13-15-9(2)17-19-13;/h8,10-11H,3-7,14H2,1-2H3,(H,16,18);1H. The first-order valence-corrected chi connectivity index (χ1v) is 6.89. The Morgan fingerprint density at radius 2 is 2.10 bits per heavy atom. The highest BCUT2D eigenvalue weighted by Crippen LogP contribution is 2.31. The van der Waals surface area contributed by atoms with Crippen LogP contribution in [0.15, 0.2) is 4.52 Å². The van der Waals surface area contributed by atoms with E-state index in [0.29, 0.717) is 18.2 Å². The second kappa shape index (κ2) is 7.59. The molecule has 1 heterocycles. The topological polar surface area (TPSA) is 94.0 Å². The molecule has 0 radical (unpaired) electrons. The Bertz CT molecular complexity index is 428. The maximum atomic E-state index is 11.6. The fourth-order valence-electron chi connectivity index (χ4n) is 2.54. The molecule has 1 unspecified atom stereocenters. The number of rotatable bonds is 4.